The van der Waals surface area contributed by atoms with Gasteiger partial charge in [-0.1, -0.05) is 91.0 Å². The fourth-order valence-corrected chi connectivity index (χ4v) is 8.06. The van der Waals surface area contributed by atoms with Gasteiger partial charge in [0.25, 0.3) is 0 Å². The van der Waals surface area contributed by atoms with E-state index in [1.54, 1.807) is 0 Å². The van der Waals surface area contributed by atoms with Gasteiger partial charge in [0, 0.05) is 48.2 Å². The lowest BCUT2D eigenvalue weighted by atomic mass is 10.00. The minimum absolute atomic E-state index is 0.635. The second-order valence-corrected chi connectivity index (χ2v) is 13.1. The molecular formula is C43H26N2OS. The molecule has 0 aliphatic heterocycles. The molecule has 8 aromatic carbocycles. The van der Waals surface area contributed by atoms with E-state index in [1.807, 2.05) is 41.7 Å². The van der Waals surface area contributed by atoms with E-state index < -0.39 is 0 Å². The van der Waals surface area contributed by atoms with Crippen molar-refractivity contribution in [2.45, 2.75) is 0 Å². The quantitative estimate of drug-likeness (QED) is 0.184. The monoisotopic (exact) mass is 618 g/mol. The van der Waals surface area contributed by atoms with Crippen LogP contribution < -0.4 is 4.90 Å². The van der Waals surface area contributed by atoms with Crippen LogP contribution in [-0.4, -0.2) is 4.98 Å². The smallest absolute Gasteiger partial charge is 0.227 e. The number of rotatable bonds is 4. The zero-order valence-electron chi connectivity index (χ0n) is 25.2. The van der Waals surface area contributed by atoms with Crippen molar-refractivity contribution in [3.8, 4) is 11.5 Å². The maximum absolute atomic E-state index is 6.55. The zero-order valence-corrected chi connectivity index (χ0v) is 26.0. The van der Waals surface area contributed by atoms with E-state index in [2.05, 4.69) is 132 Å². The number of benzene rings is 8. The normalized spacial score (nSPS) is 11.8. The molecule has 0 bridgehead atoms. The van der Waals surface area contributed by atoms with Gasteiger partial charge in [-0.15, -0.1) is 11.3 Å². The highest BCUT2D eigenvalue weighted by Crippen LogP contribution is 2.43. The van der Waals surface area contributed by atoms with Crippen molar-refractivity contribution in [1.29, 1.82) is 0 Å². The summed E-state index contributed by atoms with van der Waals surface area (Å²) in [7, 11) is 0. The molecule has 10 aromatic rings. The summed E-state index contributed by atoms with van der Waals surface area (Å²) >= 11 is 1.85. The van der Waals surface area contributed by atoms with Crippen molar-refractivity contribution in [3.05, 3.63) is 158 Å². The molecule has 0 atom stereocenters. The highest BCUT2D eigenvalue weighted by molar-refractivity contribution is 7.25. The Kier molecular flexibility index (Phi) is 5.74. The van der Waals surface area contributed by atoms with E-state index in [-0.39, 0.29) is 0 Å². The van der Waals surface area contributed by atoms with Gasteiger partial charge in [-0.2, -0.15) is 0 Å². The Hall–Kier alpha value is -5.97. The first-order chi connectivity index (χ1) is 23.3. The molecule has 47 heavy (non-hydrogen) atoms. The number of thiophene rings is 1. The predicted octanol–water partition coefficient (Wildman–Crippen LogP) is 12.8. The van der Waals surface area contributed by atoms with Crippen LogP contribution in [-0.2, 0) is 0 Å². The number of aromatic nitrogens is 1. The second-order valence-electron chi connectivity index (χ2n) is 12.0. The van der Waals surface area contributed by atoms with Crippen LogP contribution in [0.15, 0.2) is 162 Å². The Morgan fingerprint density at radius 1 is 0.468 bits per heavy atom. The minimum Gasteiger partial charge on any atom is -0.435 e. The standard InChI is InChI=1S/C43H26N2OS/c1-2-9-30(10-3-1)43-44-38-22-18-29-15-14-28-17-20-33(25-36(28)41(29)42(38)46-43)45(32-19-16-27-8-4-5-11-31(27)24-32)34-21-23-40-37(26-34)35-12-6-7-13-39(35)47-40/h1-26H. The van der Waals surface area contributed by atoms with Gasteiger partial charge in [-0.25, -0.2) is 4.98 Å². The van der Waals surface area contributed by atoms with E-state index in [0.717, 1.165) is 55.3 Å². The van der Waals surface area contributed by atoms with Crippen LogP contribution in [0.2, 0.25) is 0 Å². The van der Waals surface area contributed by atoms with Gasteiger partial charge in [-0.05, 0) is 93.7 Å². The topological polar surface area (TPSA) is 29.3 Å². The lowest BCUT2D eigenvalue weighted by Gasteiger charge is -2.26. The van der Waals surface area contributed by atoms with Gasteiger partial charge in [0.15, 0.2) is 5.58 Å². The largest absolute Gasteiger partial charge is 0.435 e. The first-order valence-electron chi connectivity index (χ1n) is 15.8. The molecule has 0 saturated heterocycles. The van der Waals surface area contributed by atoms with E-state index in [0.29, 0.717) is 5.89 Å². The molecule has 0 spiro atoms. The Labute approximate surface area is 274 Å². The van der Waals surface area contributed by atoms with Gasteiger partial charge >= 0.3 is 0 Å². The van der Waals surface area contributed by atoms with Crippen LogP contribution in [0.25, 0.3) is 75.0 Å². The molecule has 0 aliphatic carbocycles. The molecule has 0 aliphatic rings. The number of oxazole rings is 1. The number of hydrogen-bond donors (Lipinski definition) is 0. The Bertz CT molecular complexity index is 2810. The van der Waals surface area contributed by atoms with Crippen molar-refractivity contribution < 1.29 is 4.42 Å². The summed E-state index contributed by atoms with van der Waals surface area (Å²) in [5.41, 5.74) is 5.95. The molecule has 10 rings (SSSR count). The maximum atomic E-state index is 6.55. The third-order valence-corrected chi connectivity index (χ3v) is 10.4. The van der Waals surface area contributed by atoms with Gasteiger partial charge in [-0.3, -0.25) is 0 Å². The molecule has 0 unspecified atom stereocenters. The van der Waals surface area contributed by atoms with Crippen LogP contribution in [0.5, 0.6) is 0 Å². The van der Waals surface area contributed by atoms with Gasteiger partial charge in [0.05, 0.1) is 0 Å². The van der Waals surface area contributed by atoms with Crippen LogP contribution in [0.3, 0.4) is 0 Å². The van der Waals surface area contributed by atoms with Gasteiger partial charge in [0.2, 0.25) is 5.89 Å². The highest BCUT2D eigenvalue weighted by atomic mass is 32.1. The Balaban J connectivity index is 1.23. The summed E-state index contributed by atoms with van der Waals surface area (Å²) < 4.78 is 9.15. The number of fused-ring (bicyclic) bond motifs is 9. The number of nitrogens with zero attached hydrogens (tertiary/aromatic N) is 2. The van der Waals surface area contributed by atoms with Crippen molar-refractivity contribution in [1.82, 2.24) is 4.98 Å². The van der Waals surface area contributed by atoms with Crippen molar-refractivity contribution in [2.75, 3.05) is 4.90 Å². The van der Waals surface area contributed by atoms with Crippen molar-refractivity contribution >= 4 is 92.0 Å². The Morgan fingerprint density at radius 2 is 1.11 bits per heavy atom. The fraction of sp³-hybridized carbons (Fsp3) is 0. The molecule has 2 heterocycles. The number of hydrogen-bond acceptors (Lipinski definition) is 4. The molecule has 0 fully saturated rings. The summed E-state index contributed by atoms with van der Waals surface area (Å²) in [4.78, 5) is 7.28. The fourth-order valence-electron chi connectivity index (χ4n) is 6.97. The minimum atomic E-state index is 0.635. The van der Waals surface area contributed by atoms with Crippen LogP contribution in [0.1, 0.15) is 0 Å². The van der Waals surface area contributed by atoms with Gasteiger partial charge < -0.3 is 9.32 Å². The maximum Gasteiger partial charge on any atom is 0.227 e. The van der Waals surface area contributed by atoms with E-state index in [9.17, 15) is 0 Å². The predicted molar refractivity (Wildman–Crippen MR) is 200 cm³/mol. The average molecular weight is 619 g/mol. The summed E-state index contributed by atoms with van der Waals surface area (Å²) in [5, 5.41) is 9.49. The van der Waals surface area contributed by atoms with Crippen LogP contribution >= 0.6 is 11.3 Å². The molecule has 220 valence electrons. The molecule has 0 saturated carbocycles. The highest BCUT2D eigenvalue weighted by Gasteiger charge is 2.18. The number of anilines is 3. The molecule has 3 nitrogen and oxygen atoms in total. The molecular weight excluding hydrogens is 593 g/mol. The lowest BCUT2D eigenvalue weighted by Crippen LogP contribution is -2.09. The summed E-state index contributed by atoms with van der Waals surface area (Å²) in [6.07, 6.45) is 0. The first-order valence-corrected chi connectivity index (χ1v) is 16.6. The lowest BCUT2D eigenvalue weighted by molar-refractivity contribution is 0.623. The molecule has 0 radical (unpaired) electrons. The van der Waals surface area contributed by atoms with Crippen LogP contribution in [0, 0.1) is 0 Å². The summed E-state index contributed by atoms with van der Waals surface area (Å²) in [5.74, 6) is 0.635. The van der Waals surface area contributed by atoms with E-state index >= 15 is 0 Å². The summed E-state index contributed by atoms with van der Waals surface area (Å²) in [6.45, 7) is 0. The Morgan fingerprint density at radius 3 is 2.00 bits per heavy atom. The SMILES string of the molecule is c1ccc(-c2nc3ccc4ccc5ccc(N(c6ccc7ccccc7c6)c6ccc7sc8ccccc8c7c6)cc5c4c3o2)cc1. The molecule has 4 heteroatoms. The van der Waals surface area contributed by atoms with E-state index in [1.165, 1.54) is 30.9 Å². The van der Waals surface area contributed by atoms with Crippen molar-refractivity contribution in [2.24, 2.45) is 0 Å². The molecule has 0 amide bonds. The zero-order chi connectivity index (χ0) is 30.9. The third kappa shape index (κ3) is 4.23. The van der Waals surface area contributed by atoms with E-state index in [4.69, 9.17) is 9.40 Å². The third-order valence-electron chi connectivity index (χ3n) is 9.23. The van der Waals surface area contributed by atoms with Crippen LogP contribution in [0.4, 0.5) is 17.1 Å². The second kappa shape index (κ2) is 10.3. The molecule has 0 N–H and O–H groups in total. The summed E-state index contributed by atoms with van der Waals surface area (Å²) in [6, 6.07) is 56.3. The molecule has 2 aromatic heterocycles. The van der Waals surface area contributed by atoms with Gasteiger partial charge in [0.1, 0.15) is 5.52 Å². The van der Waals surface area contributed by atoms with Crippen molar-refractivity contribution in [3.63, 3.8) is 0 Å². The average Bonchev–Trinajstić information content (AvgIpc) is 3.74. The first kappa shape index (κ1) is 26.3.